The minimum atomic E-state index is -0.377. The van der Waals surface area contributed by atoms with Gasteiger partial charge in [-0.3, -0.25) is 4.90 Å². The molecule has 1 fully saturated rings. The molecule has 0 aromatic carbocycles. The second-order valence-electron chi connectivity index (χ2n) is 2.47. The Morgan fingerprint density at radius 3 is 3.00 bits per heavy atom. The average Bonchev–Trinajstić information content (AvgIpc) is 2.34. The molecule has 0 aromatic heterocycles. The number of thioether (sulfide) groups is 1. The van der Waals surface area contributed by atoms with Gasteiger partial charge in [0.15, 0.2) is 0 Å². The zero-order chi connectivity index (χ0) is 7.56. The van der Waals surface area contributed by atoms with Gasteiger partial charge in [-0.25, -0.2) is 0 Å². The summed E-state index contributed by atoms with van der Waals surface area (Å²) in [6.07, 6.45) is 1.22. The third-order valence-electron chi connectivity index (χ3n) is 1.70. The minimum Gasteiger partial charge on any atom is -0.387 e. The van der Waals surface area contributed by atoms with Crippen LogP contribution in [0.2, 0.25) is 0 Å². The maximum absolute atomic E-state index is 9.35. The summed E-state index contributed by atoms with van der Waals surface area (Å²) in [5, 5.41) is 9.58. The van der Waals surface area contributed by atoms with Gasteiger partial charge in [-0.2, -0.15) is 0 Å². The third-order valence-corrected chi connectivity index (χ3v) is 3.10. The van der Waals surface area contributed by atoms with Crippen LogP contribution in [0.15, 0.2) is 12.7 Å². The Morgan fingerprint density at radius 2 is 2.60 bits per heavy atom. The molecular formula is C7H13NOS. The maximum Gasteiger partial charge on any atom is 0.0966 e. The van der Waals surface area contributed by atoms with E-state index in [1.165, 1.54) is 0 Å². The van der Waals surface area contributed by atoms with Crippen LogP contribution in [-0.2, 0) is 0 Å². The maximum atomic E-state index is 9.35. The topological polar surface area (TPSA) is 23.5 Å². The SMILES string of the molecule is C=CC(O)C1SCCN1C. The molecule has 1 saturated heterocycles. The third kappa shape index (κ3) is 1.54. The highest BCUT2D eigenvalue weighted by Crippen LogP contribution is 2.24. The van der Waals surface area contributed by atoms with Gasteiger partial charge in [-0.15, -0.1) is 18.3 Å². The van der Waals surface area contributed by atoms with Gasteiger partial charge in [0.1, 0.15) is 0 Å². The first kappa shape index (κ1) is 8.11. The predicted octanol–water partition coefficient (Wildman–Crippen LogP) is 0.538. The van der Waals surface area contributed by atoms with Crippen LogP contribution in [0.5, 0.6) is 0 Å². The Bertz CT molecular complexity index is 129. The first-order valence-corrected chi connectivity index (χ1v) is 4.43. The molecule has 0 spiro atoms. The lowest BCUT2D eigenvalue weighted by Crippen LogP contribution is -2.33. The average molecular weight is 159 g/mol. The fourth-order valence-electron chi connectivity index (χ4n) is 1.05. The zero-order valence-corrected chi connectivity index (χ0v) is 6.97. The van der Waals surface area contributed by atoms with Crippen molar-refractivity contribution in [1.82, 2.24) is 4.90 Å². The molecule has 1 heterocycles. The molecule has 58 valence electrons. The summed E-state index contributed by atoms with van der Waals surface area (Å²) in [5.74, 6) is 1.12. The number of aliphatic hydroxyl groups excluding tert-OH is 1. The van der Waals surface area contributed by atoms with E-state index in [2.05, 4.69) is 11.5 Å². The lowest BCUT2D eigenvalue weighted by molar-refractivity contribution is 0.156. The molecule has 1 aliphatic heterocycles. The smallest absolute Gasteiger partial charge is 0.0966 e. The van der Waals surface area contributed by atoms with Gasteiger partial charge in [0.25, 0.3) is 0 Å². The summed E-state index contributed by atoms with van der Waals surface area (Å²) in [5.41, 5.74) is 0. The fourth-order valence-corrected chi connectivity index (χ4v) is 2.35. The van der Waals surface area contributed by atoms with Gasteiger partial charge >= 0.3 is 0 Å². The van der Waals surface area contributed by atoms with E-state index in [0.717, 1.165) is 12.3 Å². The quantitative estimate of drug-likeness (QED) is 0.595. The van der Waals surface area contributed by atoms with Crippen LogP contribution in [0, 0.1) is 0 Å². The van der Waals surface area contributed by atoms with E-state index in [1.807, 2.05) is 7.05 Å². The highest BCUT2D eigenvalue weighted by atomic mass is 32.2. The monoisotopic (exact) mass is 159 g/mol. The second kappa shape index (κ2) is 3.42. The lowest BCUT2D eigenvalue weighted by Gasteiger charge is -2.20. The van der Waals surface area contributed by atoms with Crippen molar-refractivity contribution in [2.45, 2.75) is 11.5 Å². The standard InChI is InChI=1S/C7H13NOS/c1-3-6(9)7-8(2)4-5-10-7/h3,6-7,9H,1,4-5H2,2H3. The molecule has 2 atom stereocenters. The summed E-state index contributed by atoms with van der Waals surface area (Å²) < 4.78 is 0. The fraction of sp³-hybridized carbons (Fsp3) is 0.714. The summed E-state index contributed by atoms with van der Waals surface area (Å²) in [6, 6.07) is 0. The number of aliphatic hydroxyl groups is 1. The highest BCUT2D eigenvalue weighted by molar-refractivity contribution is 8.00. The van der Waals surface area contributed by atoms with E-state index >= 15 is 0 Å². The largest absolute Gasteiger partial charge is 0.387 e. The van der Waals surface area contributed by atoms with Crippen molar-refractivity contribution in [2.75, 3.05) is 19.3 Å². The molecule has 1 rings (SSSR count). The molecule has 3 heteroatoms. The van der Waals surface area contributed by atoms with Gasteiger partial charge in [0.2, 0.25) is 0 Å². The molecular weight excluding hydrogens is 146 g/mol. The molecule has 10 heavy (non-hydrogen) atoms. The normalized spacial score (nSPS) is 30.4. The van der Waals surface area contributed by atoms with E-state index in [4.69, 9.17) is 0 Å². The number of likely N-dealkylation sites (N-methyl/N-ethyl adjacent to an activating group) is 1. The Morgan fingerprint density at radius 1 is 1.90 bits per heavy atom. The molecule has 0 radical (unpaired) electrons. The lowest BCUT2D eigenvalue weighted by atomic mass is 10.3. The van der Waals surface area contributed by atoms with Crippen LogP contribution < -0.4 is 0 Å². The number of hydrogen-bond acceptors (Lipinski definition) is 3. The summed E-state index contributed by atoms with van der Waals surface area (Å²) >= 11 is 1.79. The van der Waals surface area contributed by atoms with Gasteiger partial charge < -0.3 is 5.11 Å². The van der Waals surface area contributed by atoms with Crippen LogP contribution in [0.1, 0.15) is 0 Å². The minimum absolute atomic E-state index is 0.234. The van der Waals surface area contributed by atoms with Crippen LogP contribution in [0.3, 0.4) is 0 Å². The Kier molecular flexibility index (Phi) is 2.77. The van der Waals surface area contributed by atoms with E-state index in [9.17, 15) is 5.11 Å². The van der Waals surface area contributed by atoms with Gasteiger partial charge in [0.05, 0.1) is 11.5 Å². The van der Waals surface area contributed by atoms with Crippen molar-refractivity contribution in [1.29, 1.82) is 0 Å². The molecule has 0 bridgehead atoms. The summed E-state index contributed by atoms with van der Waals surface area (Å²) in [7, 11) is 2.03. The van der Waals surface area contributed by atoms with E-state index in [0.29, 0.717) is 0 Å². The predicted molar refractivity (Wildman–Crippen MR) is 45.1 cm³/mol. The molecule has 0 amide bonds. The molecule has 2 nitrogen and oxygen atoms in total. The first-order valence-electron chi connectivity index (χ1n) is 3.38. The Hall–Kier alpha value is 0.01000. The summed E-state index contributed by atoms with van der Waals surface area (Å²) in [6.45, 7) is 4.62. The molecule has 0 aromatic rings. The zero-order valence-electron chi connectivity index (χ0n) is 6.16. The van der Waals surface area contributed by atoms with Crippen LogP contribution in [0.25, 0.3) is 0 Å². The van der Waals surface area contributed by atoms with E-state index < -0.39 is 0 Å². The Balaban J connectivity index is 2.46. The van der Waals surface area contributed by atoms with Gasteiger partial charge in [-0.1, -0.05) is 6.08 Å². The Labute approximate surface area is 65.9 Å². The number of nitrogens with zero attached hydrogens (tertiary/aromatic N) is 1. The van der Waals surface area contributed by atoms with E-state index in [1.54, 1.807) is 17.8 Å². The molecule has 0 saturated carbocycles. The number of rotatable bonds is 2. The van der Waals surface area contributed by atoms with Crippen molar-refractivity contribution in [3.8, 4) is 0 Å². The second-order valence-corrected chi connectivity index (χ2v) is 3.69. The highest BCUT2D eigenvalue weighted by Gasteiger charge is 2.26. The molecule has 1 N–H and O–H groups in total. The van der Waals surface area contributed by atoms with Gasteiger partial charge in [0, 0.05) is 12.3 Å². The van der Waals surface area contributed by atoms with E-state index in [-0.39, 0.29) is 11.5 Å². The van der Waals surface area contributed by atoms with Crippen molar-refractivity contribution in [3.05, 3.63) is 12.7 Å². The first-order chi connectivity index (χ1) is 4.75. The van der Waals surface area contributed by atoms with Crippen molar-refractivity contribution in [3.63, 3.8) is 0 Å². The van der Waals surface area contributed by atoms with Crippen LogP contribution >= 0.6 is 11.8 Å². The summed E-state index contributed by atoms with van der Waals surface area (Å²) in [4.78, 5) is 2.15. The van der Waals surface area contributed by atoms with Gasteiger partial charge in [-0.05, 0) is 7.05 Å². The van der Waals surface area contributed by atoms with Crippen LogP contribution in [-0.4, -0.2) is 40.8 Å². The number of hydrogen-bond donors (Lipinski definition) is 1. The van der Waals surface area contributed by atoms with Crippen molar-refractivity contribution >= 4 is 11.8 Å². The molecule has 0 aliphatic carbocycles. The van der Waals surface area contributed by atoms with Crippen molar-refractivity contribution in [2.24, 2.45) is 0 Å². The molecule has 1 aliphatic rings. The molecule has 2 unspecified atom stereocenters. The van der Waals surface area contributed by atoms with Crippen molar-refractivity contribution < 1.29 is 5.11 Å². The van der Waals surface area contributed by atoms with Crippen LogP contribution in [0.4, 0.5) is 0 Å².